The number of hydrogen-bond donors (Lipinski definition) is 2. The van der Waals surface area contributed by atoms with Gasteiger partial charge in [0, 0.05) is 11.5 Å². The van der Waals surface area contributed by atoms with Crippen molar-refractivity contribution in [3.8, 4) is 0 Å². The molecule has 2 aromatic rings. The molecule has 122 valence electrons. The zero-order valence-electron chi connectivity index (χ0n) is 12.2. The molecule has 0 spiro atoms. The van der Waals surface area contributed by atoms with Crippen LogP contribution in [0.2, 0.25) is 0 Å². The Labute approximate surface area is 148 Å². The maximum atomic E-state index is 11.7. The number of amidine groups is 1. The van der Waals surface area contributed by atoms with Gasteiger partial charge in [-0.3, -0.25) is 15.2 Å². The minimum absolute atomic E-state index is 0.208. The number of aromatic amines is 1. The van der Waals surface area contributed by atoms with Gasteiger partial charge in [0.05, 0.1) is 23.7 Å². The number of fused-ring (bicyclic) bond motifs is 1. The van der Waals surface area contributed by atoms with Crippen LogP contribution in [0, 0.1) is 0 Å². The quantitative estimate of drug-likeness (QED) is 0.349. The van der Waals surface area contributed by atoms with Crippen molar-refractivity contribution in [3.63, 3.8) is 0 Å². The molecule has 1 aromatic heterocycles. The standard InChI is InChI=1S/C14H10BrN5O3S/c1-23-11(21)5-10-13(22)17-14(24-10)20-16-6-7-2-3-9-8(4-7)12(15)19-18-9/h2-6H,1H3,(H,18,19)(H,17,20,22)/b10-5+,16-6?. The number of carbonyl (C=O) groups excluding carboxylic acids is 2. The summed E-state index contributed by atoms with van der Waals surface area (Å²) < 4.78 is 5.27. The van der Waals surface area contributed by atoms with Crippen LogP contribution >= 0.6 is 27.7 Å². The molecule has 24 heavy (non-hydrogen) atoms. The minimum Gasteiger partial charge on any atom is -0.466 e. The van der Waals surface area contributed by atoms with Gasteiger partial charge in [-0.05, 0) is 45.4 Å². The maximum absolute atomic E-state index is 11.7. The molecule has 0 radical (unpaired) electrons. The fourth-order valence-corrected chi connectivity index (χ4v) is 3.01. The second-order valence-corrected chi connectivity index (χ2v) is 6.38. The van der Waals surface area contributed by atoms with E-state index in [-0.39, 0.29) is 10.1 Å². The Hall–Kier alpha value is -2.46. The number of aromatic nitrogens is 2. The molecule has 1 aliphatic rings. The smallest absolute Gasteiger partial charge is 0.331 e. The van der Waals surface area contributed by atoms with Crippen molar-refractivity contribution in [1.29, 1.82) is 0 Å². The topological polar surface area (TPSA) is 109 Å². The molecule has 3 rings (SSSR count). The molecule has 2 N–H and O–H groups in total. The molecule has 8 nitrogen and oxygen atoms in total. The van der Waals surface area contributed by atoms with Crippen LogP contribution in [0.3, 0.4) is 0 Å². The number of benzene rings is 1. The predicted molar refractivity (Wildman–Crippen MR) is 94.7 cm³/mol. The number of rotatable bonds is 3. The van der Waals surface area contributed by atoms with E-state index in [0.717, 1.165) is 38.9 Å². The Morgan fingerprint density at radius 1 is 1.46 bits per heavy atom. The zero-order chi connectivity index (χ0) is 17.1. The van der Waals surface area contributed by atoms with Gasteiger partial charge in [0.25, 0.3) is 5.91 Å². The van der Waals surface area contributed by atoms with E-state index in [1.165, 1.54) is 7.11 Å². The Balaban J connectivity index is 1.74. The van der Waals surface area contributed by atoms with Crippen molar-refractivity contribution >= 4 is 61.9 Å². The van der Waals surface area contributed by atoms with Crippen LogP contribution in [0.4, 0.5) is 0 Å². The van der Waals surface area contributed by atoms with Crippen LogP contribution in [0.1, 0.15) is 5.56 Å². The molecule has 1 aliphatic heterocycles. The highest BCUT2D eigenvalue weighted by molar-refractivity contribution is 9.10. The first-order valence-corrected chi connectivity index (χ1v) is 8.21. The largest absolute Gasteiger partial charge is 0.466 e. The van der Waals surface area contributed by atoms with Gasteiger partial charge in [-0.25, -0.2) is 4.79 Å². The number of methoxy groups -OCH3 is 1. The van der Waals surface area contributed by atoms with Gasteiger partial charge >= 0.3 is 5.97 Å². The first-order valence-electron chi connectivity index (χ1n) is 6.60. The molecule has 1 aromatic carbocycles. The first-order chi connectivity index (χ1) is 11.6. The van der Waals surface area contributed by atoms with E-state index in [9.17, 15) is 9.59 Å². The summed E-state index contributed by atoms with van der Waals surface area (Å²) in [6, 6.07) is 5.60. The Bertz CT molecular complexity index is 918. The molecular formula is C14H10BrN5O3S. The highest BCUT2D eigenvalue weighted by Gasteiger charge is 2.24. The summed E-state index contributed by atoms with van der Waals surface area (Å²) in [5.74, 6) is -1.01. The second-order valence-electron chi connectivity index (χ2n) is 4.55. The normalized spacial score (nSPS) is 18.0. The highest BCUT2D eigenvalue weighted by atomic mass is 79.9. The van der Waals surface area contributed by atoms with Crippen molar-refractivity contribution in [3.05, 3.63) is 39.3 Å². The van der Waals surface area contributed by atoms with Crippen LogP contribution in [-0.4, -0.2) is 40.6 Å². The predicted octanol–water partition coefficient (Wildman–Crippen LogP) is 1.94. The van der Waals surface area contributed by atoms with Gasteiger partial charge in [-0.2, -0.15) is 10.2 Å². The molecule has 0 unspecified atom stereocenters. The molecule has 1 amide bonds. The molecular weight excluding hydrogens is 398 g/mol. The summed E-state index contributed by atoms with van der Waals surface area (Å²) in [7, 11) is 1.24. The molecule has 1 saturated heterocycles. The van der Waals surface area contributed by atoms with Crippen LogP contribution < -0.4 is 5.32 Å². The summed E-state index contributed by atoms with van der Waals surface area (Å²) >= 11 is 4.39. The van der Waals surface area contributed by atoms with Crippen molar-refractivity contribution in [2.24, 2.45) is 10.2 Å². The summed E-state index contributed by atoms with van der Waals surface area (Å²) in [5.41, 5.74) is 1.66. The average Bonchev–Trinajstić information content (AvgIpc) is 3.11. The third kappa shape index (κ3) is 3.54. The van der Waals surface area contributed by atoms with Crippen molar-refractivity contribution in [2.75, 3.05) is 7.11 Å². The average molecular weight is 408 g/mol. The fraction of sp³-hybridized carbons (Fsp3) is 0.0714. The highest BCUT2D eigenvalue weighted by Crippen LogP contribution is 2.24. The fourth-order valence-electron chi connectivity index (χ4n) is 1.87. The van der Waals surface area contributed by atoms with Crippen LogP contribution in [-0.2, 0) is 14.3 Å². The molecule has 0 aliphatic carbocycles. The van der Waals surface area contributed by atoms with Crippen LogP contribution in [0.5, 0.6) is 0 Å². The number of ether oxygens (including phenoxy) is 1. The minimum atomic E-state index is -0.601. The van der Waals surface area contributed by atoms with Gasteiger partial charge < -0.3 is 4.74 Å². The van der Waals surface area contributed by atoms with E-state index < -0.39 is 11.9 Å². The van der Waals surface area contributed by atoms with Gasteiger partial charge in [-0.1, -0.05) is 6.07 Å². The molecule has 1 fully saturated rings. The lowest BCUT2D eigenvalue weighted by molar-refractivity contribution is -0.135. The van der Waals surface area contributed by atoms with Gasteiger partial charge in [-0.15, -0.1) is 5.10 Å². The Morgan fingerprint density at radius 3 is 3.08 bits per heavy atom. The van der Waals surface area contributed by atoms with Crippen molar-refractivity contribution < 1.29 is 14.3 Å². The molecule has 0 saturated carbocycles. The van der Waals surface area contributed by atoms with E-state index in [0.29, 0.717) is 0 Å². The van der Waals surface area contributed by atoms with Crippen molar-refractivity contribution in [2.45, 2.75) is 0 Å². The van der Waals surface area contributed by atoms with E-state index >= 15 is 0 Å². The third-order valence-corrected chi connectivity index (χ3v) is 4.49. The van der Waals surface area contributed by atoms with Gasteiger partial charge in [0.1, 0.15) is 4.60 Å². The first kappa shape index (κ1) is 16.4. The molecule has 10 heteroatoms. The van der Waals surface area contributed by atoms with Crippen LogP contribution in [0.25, 0.3) is 10.9 Å². The second kappa shape index (κ2) is 6.97. The lowest BCUT2D eigenvalue weighted by Crippen LogP contribution is -2.19. The number of hydrogen-bond acceptors (Lipinski definition) is 7. The third-order valence-electron chi connectivity index (χ3n) is 2.99. The number of amides is 1. The number of esters is 1. The molecule has 0 atom stereocenters. The number of carbonyl (C=O) groups is 2. The summed E-state index contributed by atoms with van der Waals surface area (Å²) in [6.45, 7) is 0. The van der Waals surface area contributed by atoms with E-state index in [4.69, 9.17) is 0 Å². The maximum Gasteiger partial charge on any atom is 0.331 e. The number of H-pyrrole nitrogens is 1. The van der Waals surface area contributed by atoms with Crippen molar-refractivity contribution in [1.82, 2.24) is 15.5 Å². The SMILES string of the molecule is COC(=O)/C=C1/S/C(=N\N=Cc2ccc3n[nH]c(Br)c3c2)NC1=O. The zero-order valence-corrected chi connectivity index (χ0v) is 14.6. The van der Waals surface area contributed by atoms with E-state index in [1.807, 2.05) is 18.2 Å². The molecule has 2 heterocycles. The number of thioether (sulfide) groups is 1. The van der Waals surface area contributed by atoms with E-state index in [1.54, 1.807) is 6.21 Å². The monoisotopic (exact) mass is 407 g/mol. The number of nitrogens with one attached hydrogen (secondary N) is 2. The summed E-state index contributed by atoms with van der Waals surface area (Å²) in [5, 5.41) is 18.6. The summed E-state index contributed by atoms with van der Waals surface area (Å²) in [6.07, 6.45) is 2.66. The Morgan fingerprint density at radius 2 is 2.29 bits per heavy atom. The lowest BCUT2D eigenvalue weighted by Gasteiger charge is -1.93. The van der Waals surface area contributed by atoms with E-state index in [2.05, 4.69) is 46.4 Å². The number of halogens is 1. The Kier molecular flexibility index (Phi) is 4.76. The molecule has 0 bridgehead atoms. The lowest BCUT2D eigenvalue weighted by atomic mass is 10.2. The summed E-state index contributed by atoms with van der Waals surface area (Å²) in [4.78, 5) is 23.0. The van der Waals surface area contributed by atoms with Gasteiger partial charge in [0.2, 0.25) is 0 Å². The van der Waals surface area contributed by atoms with Crippen LogP contribution in [0.15, 0.2) is 44.0 Å². The number of nitrogens with zero attached hydrogens (tertiary/aromatic N) is 3. The van der Waals surface area contributed by atoms with Gasteiger partial charge in [0.15, 0.2) is 5.17 Å².